The summed E-state index contributed by atoms with van der Waals surface area (Å²) in [5, 5.41) is 9.15. The van der Waals surface area contributed by atoms with E-state index in [-0.39, 0.29) is 28.8 Å². The zero-order valence-corrected chi connectivity index (χ0v) is 16.1. The molecule has 28 heavy (non-hydrogen) atoms. The molecule has 1 saturated heterocycles. The molecule has 3 rings (SSSR count). The van der Waals surface area contributed by atoms with Crippen LogP contribution in [0.15, 0.2) is 35.5 Å². The molecular weight excluding hydrogens is 385 g/mol. The van der Waals surface area contributed by atoms with E-state index in [9.17, 15) is 12.8 Å². The summed E-state index contributed by atoms with van der Waals surface area (Å²) in [4.78, 5) is 10.1. The number of nitrogens with zero attached hydrogens (tertiary/aromatic N) is 4. The van der Waals surface area contributed by atoms with Gasteiger partial charge in [-0.1, -0.05) is 0 Å². The van der Waals surface area contributed by atoms with Gasteiger partial charge in [0.15, 0.2) is 23.1 Å². The predicted octanol–water partition coefficient (Wildman–Crippen LogP) is 1.69. The molecule has 1 N–H and O–H groups in total. The maximum atomic E-state index is 13.8. The van der Waals surface area contributed by atoms with Crippen LogP contribution in [0.1, 0.15) is 18.5 Å². The van der Waals surface area contributed by atoms with Crippen LogP contribution in [0, 0.1) is 23.1 Å². The number of hydrogen-bond acceptors (Lipinski definition) is 7. The van der Waals surface area contributed by atoms with Gasteiger partial charge < -0.3 is 9.64 Å². The number of sulfonamides is 1. The molecule has 2 heterocycles. The van der Waals surface area contributed by atoms with Crippen molar-refractivity contribution in [2.75, 3.05) is 31.6 Å². The maximum absolute atomic E-state index is 13.8. The van der Waals surface area contributed by atoms with Gasteiger partial charge in [0.25, 0.3) is 0 Å². The van der Waals surface area contributed by atoms with Gasteiger partial charge in [-0.2, -0.15) is 5.26 Å². The smallest absolute Gasteiger partial charge is 0.240 e. The molecule has 0 amide bonds. The highest BCUT2D eigenvalue weighted by molar-refractivity contribution is 7.89. The number of nitriles is 1. The Hall–Kier alpha value is -2.77. The van der Waals surface area contributed by atoms with E-state index in [4.69, 9.17) is 10.00 Å². The van der Waals surface area contributed by atoms with Gasteiger partial charge in [0.05, 0.1) is 12.0 Å². The topological polar surface area (TPSA) is 108 Å². The van der Waals surface area contributed by atoms with Gasteiger partial charge in [-0.3, -0.25) is 0 Å². The lowest BCUT2D eigenvalue weighted by molar-refractivity contribution is 0.385. The van der Waals surface area contributed by atoms with Crippen molar-refractivity contribution < 1.29 is 17.5 Å². The summed E-state index contributed by atoms with van der Waals surface area (Å²) < 4.78 is 46.0. The van der Waals surface area contributed by atoms with Crippen LogP contribution in [0.5, 0.6) is 5.75 Å². The normalized spacial score (nSPS) is 15.2. The zero-order valence-electron chi connectivity index (χ0n) is 15.3. The summed E-state index contributed by atoms with van der Waals surface area (Å²) in [7, 11) is -2.49. The standard InChI is InChI=1S/C18H20FN5O3S/c1-27-17-3-2-14(10-15(17)19)28(25,26)23-12-13-4-8-24(9-5-13)18-16(11-20)21-6-7-22-18/h2-3,6-7,10,13,23H,4-5,8-9,12H2,1H3. The number of halogens is 1. The number of methoxy groups -OCH3 is 1. The highest BCUT2D eigenvalue weighted by atomic mass is 32.2. The quantitative estimate of drug-likeness (QED) is 0.779. The van der Waals surface area contributed by atoms with Crippen molar-refractivity contribution in [1.82, 2.24) is 14.7 Å². The highest BCUT2D eigenvalue weighted by Crippen LogP contribution is 2.24. The number of hydrogen-bond donors (Lipinski definition) is 1. The van der Waals surface area contributed by atoms with Crippen molar-refractivity contribution in [3.63, 3.8) is 0 Å². The maximum Gasteiger partial charge on any atom is 0.240 e. The Morgan fingerprint density at radius 3 is 2.68 bits per heavy atom. The van der Waals surface area contributed by atoms with Crippen molar-refractivity contribution in [3.8, 4) is 11.8 Å². The molecular formula is C18H20FN5O3S. The van der Waals surface area contributed by atoms with Gasteiger partial charge in [0.2, 0.25) is 10.0 Å². The molecule has 1 aromatic heterocycles. The third-order valence-electron chi connectivity index (χ3n) is 4.69. The Balaban J connectivity index is 1.58. The number of piperidine rings is 1. The molecule has 1 aromatic carbocycles. The van der Waals surface area contributed by atoms with Gasteiger partial charge in [0, 0.05) is 32.0 Å². The second-order valence-corrected chi connectivity index (χ2v) is 8.19. The van der Waals surface area contributed by atoms with Crippen LogP contribution in [-0.2, 0) is 10.0 Å². The molecule has 10 heteroatoms. The monoisotopic (exact) mass is 405 g/mol. The van der Waals surface area contributed by atoms with E-state index in [0.29, 0.717) is 18.9 Å². The van der Waals surface area contributed by atoms with E-state index in [2.05, 4.69) is 14.7 Å². The second kappa shape index (κ2) is 8.50. The Morgan fingerprint density at radius 1 is 1.32 bits per heavy atom. The Bertz CT molecular complexity index is 985. The fourth-order valence-corrected chi connectivity index (χ4v) is 4.24. The van der Waals surface area contributed by atoms with Crippen molar-refractivity contribution in [2.24, 2.45) is 5.92 Å². The number of nitrogens with one attached hydrogen (secondary N) is 1. The molecule has 0 aliphatic carbocycles. The summed E-state index contributed by atoms with van der Waals surface area (Å²) in [5.74, 6) is -0.0444. The first-order valence-corrected chi connectivity index (χ1v) is 10.2. The number of anilines is 1. The molecule has 0 radical (unpaired) electrons. The van der Waals surface area contributed by atoms with E-state index in [0.717, 1.165) is 18.9 Å². The van der Waals surface area contributed by atoms with Gasteiger partial charge >= 0.3 is 0 Å². The van der Waals surface area contributed by atoms with E-state index >= 15 is 0 Å². The molecule has 8 nitrogen and oxygen atoms in total. The summed E-state index contributed by atoms with van der Waals surface area (Å²) >= 11 is 0. The van der Waals surface area contributed by atoms with Gasteiger partial charge in [-0.15, -0.1) is 0 Å². The van der Waals surface area contributed by atoms with E-state index in [1.165, 1.54) is 25.4 Å². The van der Waals surface area contributed by atoms with E-state index in [1.54, 1.807) is 6.20 Å². The van der Waals surface area contributed by atoms with Crippen LogP contribution < -0.4 is 14.4 Å². The molecule has 148 valence electrons. The SMILES string of the molecule is COc1ccc(S(=O)(=O)NCC2CCN(c3nccnc3C#N)CC2)cc1F. The fraction of sp³-hybridized carbons (Fsp3) is 0.389. The first-order chi connectivity index (χ1) is 13.4. The number of benzene rings is 1. The molecule has 0 spiro atoms. The van der Waals surface area contributed by atoms with Crippen LogP contribution in [0.25, 0.3) is 0 Å². The number of rotatable bonds is 6. The molecule has 0 saturated carbocycles. The number of aromatic nitrogens is 2. The van der Waals surface area contributed by atoms with Crippen LogP contribution in [-0.4, -0.2) is 45.1 Å². The molecule has 1 fully saturated rings. The van der Waals surface area contributed by atoms with Crippen molar-refractivity contribution >= 4 is 15.8 Å². The lowest BCUT2D eigenvalue weighted by Gasteiger charge is -2.32. The molecule has 1 aliphatic rings. The Kier molecular flexibility index (Phi) is 6.06. The lowest BCUT2D eigenvalue weighted by Crippen LogP contribution is -2.39. The molecule has 0 bridgehead atoms. The average molecular weight is 405 g/mol. The Labute approximate surface area is 163 Å². The lowest BCUT2D eigenvalue weighted by atomic mass is 9.97. The minimum absolute atomic E-state index is 0.00734. The van der Waals surface area contributed by atoms with Gasteiger partial charge in [-0.25, -0.2) is 27.5 Å². The zero-order chi connectivity index (χ0) is 20.1. The summed E-state index contributed by atoms with van der Waals surface area (Å²) in [5.41, 5.74) is 0.281. The highest BCUT2D eigenvalue weighted by Gasteiger charge is 2.24. The summed E-state index contributed by atoms with van der Waals surface area (Å²) in [6.45, 7) is 1.56. The minimum atomic E-state index is -3.81. The minimum Gasteiger partial charge on any atom is -0.494 e. The van der Waals surface area contributed by atoms with Crippen molar-refractivity contribution in [3.05, 3.63) is 42.1 Å². The molecule has 0 atom stereocenters. The fourth-order valence-electron chi connectivity index (χ4n) is 3.12. The third-order valence-corrected chi connectivity index (χ3v) is 6.12. The Morgan fingerprint density at radius 2 is 2.04 bits per heavy atom. The van der Waals surface area contributed by atoms with Crippen LogP contribution in [0.4, 0.5) is 10.2 Å². The van der Waals surface area contributed by atoms with Crippen LogP contribution >= 0.6 is 0 Å². The number of ether oxygens (including phenoxy) is 1. The van der Waals surface area contributed by atoms with Gasteiger partial charge in [-0.05, 0) is 37.0 Å². The largest absolute Gasteiger partial charge is 0.494 e. The molecule has 0 unspecified atom stereocenters. The second-order valence-electron chi connectivity index (χ2n) is 6.42. The van der Waals surface area contributed by atoms with E-state index in [1.807, 2.05) is 11.0 Å². The third kappa shape index (κ3) is 4.37. The first-order valence-electron chi connectivity index (χ1n) is 8.74. The van der Waals surface area contributed by atoms with Crippen LogP contribution in [0.2, 0.25) is 0 Å². The van der Waals surface area contributed by atoms with Gasteiger partial charge in [0.1, 0.15) is 6.07 Å². The molecule has 1 aliphatic heterocycles. The van der Waals surface area contributed by atoms with Crippen LogP contribution in [0.3, 0.4) is 0 Å². The van der Waals surface area contributed by atoms with E-state index < -0.39 is 15.8 Å². The van der Waals surface area contributed by atoms with Crippen molar-refractivity contribution in [2.45, 2.75) is 17.7 Å². The summed E-state index contributed by atoms with van der Waals surface area (Å²) in [6.07, 6.45) is 4.50. The summed E-state index contributed by atoms with van der Waals surface area (Å²) in [6, 6.07) is 5.58. The predicted molar refractivity (Wildman–Crippen MR) is 99.8 cm³/mol. The average Bonchev–Trinajstić information content (AvgIpc) is 2.72. The molecule has 2 aromatic rings. The van der Waals surface area contributed by atoms with Crippen molar-refractivity contribution in [1.29, 1.82) is 5.26 Å². The first kappa shape index (κ1) is 20.0.